The van der Waals surface area contributed by atoms with Crippen molar-refractivity contribution in [1.29, 1.82) is 0 Å². The van der Waals surface area contributed by atoms with E-state index < -0.39 is 24.5 Å². The summed E-state index contributed by atoms with van der Waals surface area (Å²) >= 11 is 0. The highest BCUT2D eigenvalue weighted by Gasteiger charge is 2.05. The largest absolute Gasteiger partial charge is 0.480 e. The Labute approximate surface area is 105 Å². The Morgan fingerprint density at radius 2 is 1.78 bits per heavy atom. The molecule has 4 N–H and O–H groups in total. The molecular formula is C10H19N3O5. The summed E-state index contributed by atoms with van der Waals surface area (Å²) in [5.74, 6) is -1.68. The highest BCUT2D eigenvalue weighted by atomic mass is 16.5. The van der Waals surface area contributed by atoms with Crippen LogP contribution in [0, 0.1) is 0 Å². The molecule has 0 aliphatic heterocycles. The Hall–Kier alpha value is -1.83. The molecule has 0 spiro atoms. The number of aliphatic carboxylic acids is 1. The number of methoxy groups -OCH3 is 1. The van der Waals surface area contributed by atoms with E-state index >= 15 is 0 Å². The molecule has 0 atom stereocenters. The van der Waals surface area contributed by atoms with Gasteiger partial charge in [0, 0.05) is 20.3 Å². The van der Waals surface area contributed by atoms with Gasteiger partial charge in [-0.15, -0.1) is 0 Å². The van der Waals surface area contributed by atoms with Crippen molar-refractivity contribution in [1.82, 2.24) is 16.0 Å². The number of carbonyl (C=O) groups is 3. The van der Waals surface area contributed by atoms with Crippen molar-refractivity contribution in [2.75, 3.05) is 33.4 Å². The minimum absolute atomic E-state index is 0.253. The van der Waals surface area contributed by atoms with E-state index in [1.165, 1.54) is 0 Å². The topological polar surface area (TPSA) is 117 Å². The molecular weight excluding hydrogens is 242 g/mol. The van der Waals surface area contributed by atoms with Crippen LogP contribution in [0.4, 0.5) is 4.79 Å². The molecule has 0 radical (unpaired) electrons. The summed E-state index contributed by atoms with van der Waals surface area (Å²) in [4.78, 5) is 32.3. The number of nitrogens with one attached hydrogen (secondary N) is 3. The Bertz CT molecular complexity index is 283. The minimum Gasteiger partial charge on any atom is -0.480 e. The average Bonchev–Trinajstić information content (AvgIpc) is 2.33. The van der Waals surface area contributed by atoms with Crippen LogP contribution in [0.25, 0.3) is 0 Å². The molecule has 0 fully saturated rings. The number of carboxylic acid groups (broad SMARTS) is 1. The number of rotatable bonds is 9. The number of carbonyl (C=O) groups excluding carboxylic acids is 2. The van der Waals surface area contributed by atoms with Gasteiger partial charge < -0.3 is 25.8 Å². The first-order valence-corrected chi connectivity index (χ1v) is 5.55. The lowest BCUT2D eigenvalue weighted by Crippen LogP contribution is -2.43. The number of urea groups is 1. The molecule has 0 bridgehead atoms. The van der Waals surface area contributed by atoms with Gasteiger partial charge in [-0.05, 0) is 12.8 Å². The van der Waals surface area contributed by atoms with E-state index in [-0.39, 0.29) is 6.54 Å². The van der Waals surface area contributed by atoms with Crippen molar-refractivity contribution in [3.05, 3.63) is 0 Å². The number of hydrogen-bond acceptors (Lipinski definition) is 4. The monoisotopic (exact) mass is 261 g/mol. The van der Waals surface area contributed by atoms with Crippen LogP contribution in [0.2, 0.25) is 0 Å². The maximum Gasteiger partial charge on any atom is 0.322 e. The number of carboxylic acids is 1. The summed E-state index contributed by atoms with van der Waals surface area (Å²) in [6.07, 6.45) is 1.63. The van der Waals surface area contributed by atoms with Crippen LogP contribution < -0.4 is 16.0 Å². The molecule has 104 valence electrons. The molecule has 0 aliphatic carbocycles. The molecule has 0 aliphatic rings. The molecule has 0 heterocycles. The Morgan fingerprint density at radius 1 is 1.06 bits per heavy atom. The van der Waals surface area contributed by atoms with Crippen molar-refractivity contribution in [2.45, 2.75) is 12.8 Å². The fourth-order valence-corrected chi connectivity index (χ4v) is 1.03. The van der Waals surface area contributed by atoms with Gasteiger partial charge in [-0.1, -0.05) is 0 Å². The molecule has 0 saturated carbocycles. The third kappa shape index (κ3) is 10.7. The van der Waals surface area contributed by atoms with Crippen LogP contribution in [0.1, 0.15) is 12.8 Å². The van der Waals surface area contributed by atoms with E-state index in [2.05, 4.69) is 16.0 Å². The second-order valence-corrected chi connectivity index (χ2v) is 3.48. The van der Waals surface area contributed by atoms with Crippen LogP contribution in [-0.2, 0) is 14.3 Å². The maximum atomic E-state index is 11.2. The first kappa shape index (κ1) is 16.2. The van der Waals surface area contributed by atoms with Gasteiger partial charge in [0.25, 0.3) is 0 Å². The van der Waals surface area contributed by atoms with Gasteiger partial charge in [-0.2, -0.15) is 0 Å². The lowest BCUT2D eigenvalue weighted by molar-refractivity contribution is -0.137. The van der Waals surface area contributed by atoms with Crippen LogP contribution in [0.15, 0.2) is 0 Å². The lowest BCUT2D eigenvalue weighted by Gasteiger charge is -2.07. The molecule has 0 aromatic carbocycles. The van der Waals surface area contributed by atoms with Gasteiger partial charge >= 0.3 is 12.0 Å². The standard InChI is InChI=1S/C10H19N3O5/c1-18-5-3-2-4-11-10(17)13-6-8(14)12-7-9(15)16/h2-7H2,1H3,(H,12,14)(H,15,16)(H2,11,13,17). The smallest absolute Gasteiger partial charge is 0.322 e. The molecule has 0 aromatic rings. The van der Waals surface area contributed by atoms with Crippen LogP contribution in [-0.4, -0.2) is 56.4 Å². The van der Waals surface area contributed by atoms with Crippen LogP contribution >= 0.6 is 0 Å². The molecule has 3 amide bonds. The SMILES string of the molecule is COCCCCNC(=O)NCC(=O)NCC(=O)O. The number of hydrogen-bond donors (Lipinski definition) is 4. The second kappa shape index (κ2) is 10.3. The van der Waals surface area contributed by atoms with Crippen molar-refractivity contribution in [3.63, 3.8) is 0 Å². The lowest BCUT2D eigenvalue weighted by atomic mass is 10.3. The third-order valence-electron chi connectivity index (χ3n) is 1.91. The summed E-state index contributed by atoms with van der Waals surface area (Å²) in [6.45, 7) is 0.420. The van der Waals surface area contributed by atoms with Crippen molar-refractivity contribution in [3.8, 4) is 0 Å². The quantitative estimate of drug-likeness (QED) is 0.394. The Kier molecular flexibility index (Phi) is 9.28. The average molecular weight is 261 g/mol. The van der Waals surface area contributed by atoms with Gasteiger partial charge in [-0.25, -0.2) is 4.79 Å². The summed E-state index contributed by atoms with van der Waals surface area (Å²) in [5, 5.41) is 15.3. The zero-order valence-corrected chi connectivity index (χ0v) is 10.3. The summed E-state index contributed by atoms with van der Waals surface area (Å²) in [6, 6.07) is -0.460. The number of ether oxygens (including phenoxy) is 1. The van der Waals surface area contributed by atoms with Gasteiger partial charge in [0.05, 0.1) is 6.54 Å². The fraction of sp³-hybridized carbons (Fsp3) is 0.700. The summed E-state index contributed by atoms with van der Waals surface area (Å²) < 4.78 is 4.84. The molecule has 8 heteroatoms. The molecule has 0 rings (SSSR count). The summed E-state index contributed by atoms with van der Waals surface area (Å²) in [5.41, 5.74) is 0. The predicted molar refractivity (Wildman–Crippen MR) is 63.2 cm³/mol. The first-order valence-electron chi connectivity index (χ1n) is 5.55. The van der Waals surface area contributed by atoms with E-state index in [4.69, 9.17) is 9.84 Å². The van der Waals surface area contributed by atoms with Crippen LogP contribution in [0.3, 0.4) is 0 Å². The molecule has 18 heavy (non-hydrogen) atoms. The first-order chi connectivity index (χ1) is 8.56. The van der Waals surface area contributed by atoms with E-state index in [1.54, 1.807) is 7.11 Å². The molecule has 0 saturated heterocycles. The van der Waals surface area contributed by atoms with E-state index in [1.807, 2.05) is 0 Å². The maximum absolute atomic E-state index is 11.2. The molecule has 0 unspecified atom stereocenters. The van der Waals surface area contributed by atoms with E-state index in [0.29, 0.717) is 13.2 Å². The Balaban J connectivity index is 3.46. The van der Waals surface area contributed by atoms with Gasteiger partial charge in [0.1, 0.15) is 6.54 Å². The Morgan fingerprint density at radius 3 is 2.39 bits per heavy atom. The van der Waals surface area contributed by atoms with E-state index in [0.717, 1.165) is 12.8 Å². The minimum atomic E-state index is -1.13. The second-order valence-electron chi connectivity index (χ2n) is 3.48. The van der Waals surface area contributed by atoms with Gasteiger partial charge in [0.2, 0.25) is 5.91 Å². The molecule has 8 nitrogen and oxygen atoms in total. The van der Waals surface area contributed by atoms with Gasteiger partial charge in [-0.3, -0.25) is 9.59 Å². The zero-order valence-electron chi connectivity index (χ0n) is 10.3. The molecule has 0 aromatic heterocycles. The van der Waals surface area contributed by atoms with Crippen LogP contribution in [0.5, 0.6) is 0 Å². The third-order valence-corrected chi connectivity index (χ3v) is 1.91. The van der Waals surface area contributed by atoms with Crippen molar-refractivity contribution in [2.24, 2.45) is 0 Å². The highest BCUT2D eigenvalue weighted by Crippen LogP contribution is 1.86. The van der Waals surface area contributed by atoms with Gasteiger partial charge in [0.15, 0.2) is 0 Å². The normalized spacial score (nSPS) is 9.61. The van der Waals surface area contributed by atoms with Crippen molar-refractivity contribution < 1.29 is 24.2 Å². The van der Waals surface area contributed by atoms with Crippen molar-refractivity contribution >= 4 is 17.9 Å². The zero-order chi connectivity index (χ0) is 13.8. The summed E-state index contributed by atoms with van der Waals surface area (Å²) in [7, 11) is 1.61. The van der Waals surface area contributed by atoms with E-state index in [9.17, 15) is 14.4 Å². The fourth-order valence-electron chi connectivity index (χ4n) is 1.03. The highest BCUT2D eigenvalue weighted by molar-refractivity contribution is 5.86. The number of unbranched alkanes of at least 4 members (excludes halogenated alkanes) is 1. The predicted octanol–water partition coefficient (Wildman–Crippen LogP) is -1.09. The number of amides is 3.